The number of carbonyl (C=O) groups excluding carboxylic acids is 1. The van der Waals surface area contributed by atoms with Crippen molar-refractivity contribution in [3.05, 3.63) is 23.9 Å². The van der Waals surface area contributed by atoms with Gasteiger partial charge < -0.3 is 10.1 Å². The second-order valence-corrected chi connectivity index (χ2v) is 4.93. The van der Waals surface area contributed by atoms with Crippen molar-refractivity contribution in [2.75, 3.05) is 11.9 Å². The molecule has 0 bridgehead atoms. The molecule has 1 aromatic rings. The van der Waals surface area contributed by atoms with E-state index in [1.165, 1.54) is 0 Å². The summed E-state index contributed by atoms with van der Waals surface area (Å²) in [4.78, 5) is 15.7. The Kier molecular flexibility index (Phi) is 4.49. The van der Waals surface area contributed by atoms with Crippen LogP contribution in [0, 0.1) is 6.92 Å². The molecule has 0 aliphatic rings. The molecule has 4 heteroatoms. The molecule has 17 heavy (non-hydrogen) atoms. The monoisotopic (exact) mass is 236 g/mol. The Morgan fingerprint density at radius 2 is 2.12 bits per heavy atom. The topological polar surface area (TPSA) is 51.2 Å². The molecule has 0 unspecified atom stereocenters. The van der Waals surface area contributed by atoms with E-state index < -0.39 is 5.60 Å². The first-order valence-electron chi connectivity index (χ1n) is 5.76. The highest BCUT2D eigenvalue weighted by atomic mass is 16.6. The smallest absolute Gasteiger partial charge is 0.308 e. The molecule has 0 fully saturated rings. The second-order valence-electron chi connectivity index (χ2n) is 4.93. The standard InChI is InChI=1S/C13H20N2O2/c1-10-6-5-7-11(15-10)14-9-8-12(16)17-13(2,3)4/h5-7H,8-9H2,1-4H3,(H,14,15). The molecule has 94 valence electrons. The van der Waals surface area contributed by atoms with Gasteiger partial charge in [-0.2, -0.15) is 0 Å². The van der Waals surface area contributed by atoms with Gasteiger partial charge >= 0.3 is 5.97 Å². The number of aromatic nitrogens is 1. The highest BCUT2D eigenvalue weighted by molar-refractivity contribution is 5.70. The number of nitrogens with zero attached hydrogens (tertiary/aromatic N) is 1. The highest BCUT2D eigenvalue weighted by Gasteiger charge is 2.15. The lowest BCUT2D eigenvalue weighted by atomic mass is 10.2. The summed E-state index contributed by atoms with van der Waals surface area (Å²) < 4.78 is 5.20. The van der Waals surface area contributed by atoms with Crippen LogP contribution in [0.1, 0.15) is 32.9 Å². The van der Waals surface area contributed by atoms with Crippen LogP contribution in [0.5, 0.6) is 0 Å². The molecule has 4 nitrogen and oxygen atoms in total. The summed E-state index contributed by atoms with van der Waals surface area (Å²) in [6, 6.07) is 5.74. The summed E-state index contributed by atoms with van der Waals surface area (Å²) in [6.07, 6.45) is 0.340. The minimum absolute atomic E-state index is 0.197. The predicted molar refractivity (Wildman–Crippen MR) is 67.9 cm³/mol. The number of nitrogens with one attached hydrogen (secondary N) is 1. The third kappa shape index (κ3) is 5.90. The number of pyridine rings is 1. The Bertz CT molecular complexity index is 383. The van der Waals surface area contributed by atoms with E-state index in [0.29, 0.717) is 13.0 Å². The fourth-order valence-corrected chi connectivity index (χ4v) is 1.33. The van der Waals surface area contributed by atoms with Crippen LogP contribution in [0.2, 0.25) is 0 Å². The normalized spacial score (nSPS) is 11.1. The molecular weight excluding hydrogens is 216 g/mol. The van der Waals surface area contributed by atoms with E-state index in [9.17, 15) is 4.79 Å². The molecule has 0 spiro atoms. The van der Waals surface area contributed by atoms with E-state index in [1.807, 2.05) is 45.9 Å². The predicted octanol–water partition coefficient (Wildman–Crippen LogP) is 2.53. The van der Waals surface area contributed by atoms with Gasteiger partial charge in [0.05, 0.1) is 6.42 Å². The minimum atomic E-state index is -0.418. The fraction of sp³-hybridized carbons (Fsp3) is 0.538. The number of rotatable bonds is 4. The average molecular weight is 236 g/mol. The van der Waals surface area contributed by atoms with E-state index in [4.69, 9.17) is 4.74 Å². The molecule has 1 aromatic heterocycles. The molecular formula is C13H20N2O2. The van der Waals surface area contributed by atoms with Crippen LogP contribution in [-0.4, -0.2) is 23.1 Å². The number of aryl methyl sites for hydroxylation is 1. The Hall–Kier alpha value is -1.58. The molecule has 0 aliphatic carbocycles. The maximum absolute atomic E-state index is 11.4. The van der Waals surface area contributed by atoms with E-state index in [-0.39, 0.29) is 5.97 Å². The number of hydrogen-bond donors (Lipinski definition) is 1. The zero-order chi connectivity index (χ0) is 12.9. The summed E-state index contributed by atoms with van der Waals surface area (Å²) in [5.74, 6) is 0.589. The van der Waals surface area contributed by atoms with Crippen molar-refractivity contribution in [3.8, 4) is 0 Å². The Balaban J connectivity index is 2.31. The van der Waals surface area contributed by atoms with Crippen molar-refractivity contribution >= 4 is 11.8 Å². The lowest BCUT2D eigenvalue weighted by molar-refractivity contribution is -0.154. The molecule has 0 aromatic carbocycles. The first-order chi connectivity index (χ1) is 7.87. The van der Waals surface area contributed by atoms with Crippen molar-refractivity contribution in [1.82, 2.24) is 4.98 Å². The van der Waals surface area contributed by atoms with Crippen LogP contribution >= 0.6 is 0 Å². The minimum Gasteiger partial charge on any atom is -0.460 e. The van der Waals surface area contributed by atoms with Gasteiger partial charge in [0.25, 0.3) is 0 Å². The van der Waals surface area contributed by atoms with Crippen molar-refractivity contribution in [2.24, 2.45) is 0 Å². The van der Waals surface area contributed by atoms with Crippen molar-refractivity contribution in [3.63, 3.8) is 0 Å². The van der Waals surface area contributed by atoms with Gasteiger partial charge in [0.15, 0.2) is 0 Å². The molecule has 1 N–H and O–H groups in total. The van der Waals surface area contributed by atoms with Gasteiger partial charge in [-0.3, -0.25) is 4.79 Å². The molecule has 0 saturated heterocycles. The SMILES string of the molecule is Cc1cccc(NCCC(=O)OC(C)(C)C)n1. The van der Waals surface area contributed by atoms with Crippen LogP contribution in [-0.2, 0) is 9.53 Å². The second kappa shape index (κ2) is 5.66. The van der Waals surface area contributed by atoms with Gasteiger partial charge in [-0.15, -0.1) is 0 Å². The van der Waals surface area contributed by atoms with E-state index in [0.717, 1.165) is 11.5 Å². The van der Waals surface area contributed by atoms with Crippen LogP contribution in [0.15, 0.2) is 18.2 Å². The maximum atomic E-state index is 11.4. The first-order valence-corrected chi connectivity index (χ1v) is 5.76. The zero-order valence-electron chi connectivity index (χ0n) is 10.9. The summed E-state index contributed by atoms with van der Waals surface area (Å²) in [5.41, 5.74) is 0.533. The molecule has 0 saturated carbocycles. The Morgan fingerprint density at radius 1 is 1.41 bits per heavy atom. The Labute approximate surface area is 102 Å². The largest absolute Gasteiger partial charge is 0.460 e. The molecule has 0 atom stereocenters. The fourth-order valence-electron chi connectivity index (χ4n) is 1.33. The number of esters is 1. The maximum Gasteiger partial charge on any atom is 0.308 e. The summed E-state index contributed by atoms with van der Waals surface area (Å²) in [5, 5.41) is 3.09. The van der Waals surface area contributed by atoms with Crippen LogP contribution in [0.3, 0.4) is 0 Å². The van der Waals surface area contributed by atoms with Crippen molar-refractivity contribution in [1.29, 1.82) is 0 Å². The summed E-state index contributed by atoms with van der Waals surface area (Å²) in [7, 11) is 0. The molecule has 0 radical (unpaired) electrons. The number of carbonyl (C=O) groups is 1. The first kappa shape index (κ1) is 13.5. The van der Waals surface area contributed by atoms with Crippen LogP contribution in [0.4, 0.5) is 5.82 Å². The van der Waals surface area contributed by atoms with Crippen molar-refractivity contribution in [2.45, 2.75) is 39.7 Å². The summed E-state index contributed by atoms with van der Waals surface area (Å²) in [6.45, 7) is 8.05. The van der Waals surface area contributed by atoms with Crippen LogP contribution in [0.25, 0.3) is 0 Å². The third-order valence-corrected chi connectivity index (χ3v) is 1.94. The molecule has 1 heterocycles. The highest BCUT2D eigenvalue weighted by Crippen LogP contribution is 2.08. The number of ether oxygens (including phenoxy) is 1. The zero-order valence-corrected chi connectivity index (χ0v) is 10.9. The van der Waals surface area contributed by atoms with E-state index >= 15 is 0 Å². The van der Waals surface area contributed by atoms with Crippen molar-refractivity contribution < 1.29 is 9.53 Å². The van der Waals surface area contributed by atoms with E-state index in [1.54, 1.807) is 0 Å². The molecule has 0 aliphatic heterocycles. The Morgan fingerprint density at radius 3 is 2.71 bits per heavy atom. The lowest BCUT2D eigenvalue weighted by Gasteiger charge is -2.19. The number of hydrogen-bond acceptors (Lipinski definition) is 4. The van der Waals surface area contributed by atoms with Gasteiger partial charge in [0, 0.05) is 12.2 Å². The quantitative estimate of drug-likeness (QED) is 0.816. The van der Waals surface area contributed by atoms with E-state index in [2.05, 4.69) is 10.3 Å². The molecule has 1 rings (SSSR count). The average Bonchev–Trinajstić information content (AvgIpc) is 2.14. The lowest BCUT2D eigenvalue weighted by Crippen LogP contribution is -2.25. The van der Waals surface area contributed by atoms with Crippen LogP contribution < -0.4 is 5.32 Å². The third-order valence-electron chi connectivity index (χ3n) is 1.94. The summed E-state index contributed by atoms with van der Waals surface area (Å²) >= 11 is 0. The van der Waals surface area contributed by atoms with Gasteiger partial charge in [-0.25, -0.2) is 4.98 Å². The van der Waals surface area contributed by atoms with Gasteiger partial charge in [0.2, 0.25) is 0 Å². The molecule has 0 amide bonds. The van der Waals surface area contributed by atoms with Gasteiger partial charge in [-0.1, -0.05) is 6.07 Å². The van der Waals surface area contributed by atoms with Gasteiger partial charge in [0.1, 0.15) is 11.4 Å². The van der Waals surface area contributed by atoms with Gasteiger partial charge in [-0.05, 0) is 39.8 Å². The number of anilines is 1.